The molecule has 0 aromatic heterocycles. The molecule has 0 atom stereocenters. The van der Waals surface area contributed by atoms with Crippen LogP contribution < -0.4 is 20.7 Å². The van der Waals surface area contributed by atoms with Crippen molar-refractivity contribution in [2.45, 2.75) is 0 Å². The lowest BCUT2D eigenvalue weighted by Gasteiger charge is -2.13. The first-order chi connectivity index (χ1) is 16.5. The highest BCUT2D eigenvalue weighted by atomic mass is 127. The Labute approximate surface area is 211 Å². The zero-order valence-corrected chi connectivity index (χ0v) is 20.5. The Bertz CT molecular complexity index is 1310. The van der Waals surface area contributed by atoms with E-state index in [2.05, 4.69) is 38.5 Å². The number of anilines is 4. The van der Waals surface area contributed by atoms with Crippen molar-refractivity contribution in [2.75, 3.05) is 23.1 Å². The van der Waals surface area contributed by atoms with Gasteiger partial charge >= 0.3 is 0 Å². The topological polar surface area (TPSA) is 79.5 Å². The van der Waals surface area contributed by atoms with Gasteiger partial charge in [-0.05, 0) is 89.3 Å². The number of rotatable bonds is 7. The minimum atomic E-state index is -0.316. The van der Waals surface area contributed by atoms with Gasteiger partial charge in [0.1, 0.15) is 5.75 Å². The summed E-state index contributed by atoms with van der Waals surface area (Å²) in [6, 6.07) is 29.3. The molecule has 4 rings (SSSR count). The lowest BCUT2D eigenvalue weighted by atomic mass is 10.1. The Balaban J connectivity index is 1.45. The summed E-state index contributed by atoms with van der Waals surface area (Å²) in [5.41, 5.74) is 3.81. The SMILES string of the molecule is COc1ccc(C(=O)Nc2ccccc2C(=O)Nc2ccc(Nc3ccccc3)cc2)cc1I. The summed E-state index contributed by atoms with van der Waals surface area (Å²) in [5, 5.41) is 9.04. The van der Waals surface area contributed by atoms with Crippen LogP contribution in [-0.2, 0) is 0 Å². The fourth-order valence-corrected chi connectivity index (χ4v) is 4.05. The third-order valence-electron chi connectivity index (χ3n) is 5.04. The molecule has 34 heavy (non-hydrogen) atoms. The number of nitrogens with one attached hydrogen (secondary N) is 3. The summed E-state index contributed by atoms with van der Waals surface area (Å²) in [5.74, 6) is 0.0723. The molecule has 0 bridgehead atoms. The molecule has 0 fully saturated rings. The molecular formula is C27H22IN3O3. The highest BCUT2D eigenvalue weighted by Gasteiger charge is 2.15. The molecule has 0 saturated carbocycles. The standard InChI is InChI=1S/C27H22IN3O3/c1-34-25-16-11-18(17-23(25)28)26(32)31-24-10-6-5-9-22(24)27(33)30-21-14-12-20(13-15-21)29-19-7-3-2-4-8-19/h2-17,29H,1H3,(H,30,33)(H,31,32). The Hall–Kier alpha value is -3.85. The van der Waals surface area contributed by atoms with Crippen molar-refractivity contribution in [2.24, 2.45) is 0 Å². The maximum Gasteiger partial charge on any atom is 0.257 e. The van der Waals surface area contributed by atoms with Crippen LogP contribution in [0.15, 0.2) is 97.1 Å². The first kappa shape index (κ1) is 23.3. The summed E-state index contributed by atoms with van der Waals surface area (Å²) in [6.45, 7) is 0. The van der Waals surface area contributed by atoms with Crippen molar-refractivity contribution < 1.29 is 14.3 Å². The van der Waals surface area contributed by atoms with Gasteiger partial charge in [-0.25, -0.2) is 0 Å². The van der Waals surface area contributed by atoms with Crippen LogP contribution in [0, 0.1) is 3.57 Å². The van der Waals surface area contributed by atoms with Crippen molar-refractivity contribution in [3.8, 4) is 5.75 Å². The molecule has 0 radical (unpaired) electrons. The number of para-hydroxylation sites is 2. The molecule has 0 unspecified atom stereocenters. The van der Waals surface area contributed by atoms with Gasteiger partial charge < -0.3 is 20.7 Å². The second-order valence-corrected chi connectivity index (χ2v) is 8.53. The second kappa shape index (κ2) is 10.8. The molecule has 3 N–H and O–H groups in total. The number of hydrogen-bond acceptors (Lipinski definition) is 4. The number of ether oxygens (including phenoxy) is 1. The Morgan fingerprint density at radius 1 is 0.706 bits per heavy atom. The van der Waals surface area contributed by atoms with Crippen molar-refractivity contribution in [3.05, 3.63) is 112 Å². The monoisotopic (exact) mass is 563 g/mol. The van der Waals surface area contributed by atoms with Gasteiger partial charge in [-0.3, -0.25) is 9.59 Å². The van der Waals surface area contributed by atoms with E-state index in [0.717, 1.165) is 14.9 Å². The summed E-state index contributed by atoms with van der Waals surface area (Å²) in [4.78, 5) is 25.8. The van der Waals surface area contributed by atoms with Crippen LogP contribution in [0.5, 0.6) is 5.75 Å². The Morgan fingerprint density at radius 3 is 2.06 bits per heavy atom. The fourth-order valence-electron chi connectivity index (χ4n) is 3.32. The third kappa shape index (κ3) is 5.74. The first-order valence-corrected chi connectivity index (χ1v) is 11.6. The third-order valence-corrected chi connectivity index (χ3v) is 5.88. The zero-order chi connectivity index (χ0) is 23.9. The number of amides is 2. The fraction of sp³-hybridized carbons (Fsp3) is 0.0370. The van der Waals surface area contributed by atoms with E-state index in [1.165, 1.54) is 0 Å². The molecule has 0 saturated heterocycles. The van der Waals surface area contributed by atoms with Crippen LogP contribution in [0.3, 0.4) is 0 Å². The molecule has 6 nitrogen and oxygen atoms in total. The van der Waals surface area contributed by atoms with Crippen LogP contribution in [0.1, 0.15) is 20.7 Å². The summed E-state index contributed by atoms with van der Waals surface area (Å²) in [7, 11) is 1.58. The van der Waals surface area contributed by atoms with Crippen LogP contribution in [0.25, 0.3) is 0 Å². The van der Waals surface area contributed by atoms with Crippen LogP contribution in [-0.4, -0.2) is 18.9 Å². The number of carbonyl (C=O) groups excluding carboxylic acids is 2. The van der Waals surface area contributed by atoms with Crippen molar-refractivity contribution in [3.63, 3.8) is 0 Å². The smallest absolute Gasteiger partial charge is 0.257 e. The highest BCUT2D eigenvalue weighted by Crippen LogP contribution is 2.24. The van der Waals surface area contributed by atoms with E-state index in [0.29, 0.717) is 28.3 Å². The molecule has 0 spiro atoms. The average molecular weight is 563 g/mol. The van der Waals surface area contributed by atoms with E-state index in [4.69, 9.17) is 4.74 Å². The van der Waals surface area contributed by atoms with Gasteiger partial charge in [-0.1, -0.05) is 30.3 Å². The summed E-state index contributed by atoms with van der Waals surface area (Å²) < 4.78 is 6.07. The molecule has 0 aliphatic carbocycles. The molecule has 170 valence electrons. The predicted octanol–water partition coefficient (Wildman–Crippen LogP) is 6.55. The number of benzene rings is 4. The van der Waals surface area contributed by atoms with E-state index < -0.39 is 0 Å². The minimum Gasteiger partial charge on any atom is -0.496 e. The number of hydrogen-bond donors (Lipinski definition) is 3. The van der Waals surface area contributed by atoms with E-state index >= 15 is 0 Å². The van der Waals surface area contributed by atoms with Gasteiger partial charge in [-0.2, -0.15) is 0 Å². The quantitative estimate of drug-likeness (QED) is 0.223. The molecular weight excluding hydrogens is 541 g/mol. The van der Waals surface area contributed by atoms with Crippen molar-refractivity contribution in [1.29, 1.82) is 0 Å². The lowest BCUT2D eigenvalue weighted by Crippen LogP contribution is -2.18. The Kier molecular flexibility index (Phi) is 7.44. The summed E-state index contributed by atoms with van der Waals surface area (Å²) in [6.07, 6.45) is 0. The molecule has 0 heterocycles. The first-order valence-electron chi connectivity index (χ1n) is 10.5. The van der Waals surface area contributed by atoms with Gasteiger partial charge in [0, 0.05) is 22.6 Å². The second-order valence-electron chi connectivity index (χ2n) is 7.37. The molecule has 7 heteroatoms. The highest BCUT2D eigenvalue weighted by molar-refractivity contribution is 14.1. The zero-order valence-electron chi connectivity index (χ0n) is 18.3. The van der Waals surface area contributed by atoms with Crippen LogP contribution in [0.4, 0.5) is 22.7 Å². The van der Waals surface area contributed by atoms with Crippen LogP contribution >= 0.6 is 22.6 Å². The van der Waals surface area contributed by atoms with Gasteiger partial charge in [-0.15, -0.1) is 0 Å². The maximum atomic E-state index is 13.0. The molecule has 4 aromatic rings. The largest absolute Gasteiger partial charge is 0.496 e. The molecule has 0 aliphatic heterocycles. The van der Waals surface area contributed by atoms with Gasteiger partial charge in [0.2, 0.25) is 0 Å². The number of methoxy groups -OCH3 is 1. The van der Waals surface area contributed by atoms with Gasteiger partial charge in [0.05, 0.1) is 21.9 Å². The summed E-state index contributed by atoms with van der Waals surface area (Å²) >= 11 is 2.11. The minimum absolute atomic E-state index is 0.308. The molecule has 4 aromatic carbocycles. The lowest BCUT2D eigenvalue weighted by molar-refractivity contribution is 0.102. The molecule has 2 amide bonds. The van der Waals surface area contributed by atoms with E-state index in [-0.39, 0.29) is 11.8 Å². The van der Waals surface area contributed by atoms with E-state index in [1.807, 2.05) is 54.6 Å². The number of halogens is 1. The van der Waals surface area contributed by atoms with E-state index in [9.17, 15) is 9.59 Å². The van der Waals surface area contributed by atoms with Gasteiger partial charge in [0.25, 0.3) is 11.8 Å². The molecule has 0 aliphatic rings. The van der Waals surface area contributed by atoms with E-state index in [1.54, 1.807) is 49.6 Å². The normalized spacial score (nSPS) is 10.3. The van der Waals surface area contributed by atoms with Crippen LogP contribution in [0.2, 0.25) is 0 Å². The van der Waals surface area contributed by atoms with Crippen molar-refractivity contribution in [1.82, 2.24) is 0 Å². The number of carbonyl (C=O) groups is 2. The van der Waals surface area contributed by atoms with Crippen molar-refractivity contribution >= 4 is 57.2 Å². The predicted molar refractivity (Wildman–Crippen MR) is 144 cm³/mol. The average Bonchev–Trinajstić information content (AvgIpc) is 2.86. The van der Waals surface area contributed by atoms with Gasteiger partial charge in [0.15, 0.2) is 0 Å². The Morgan fingerprint density at radius 2 is 1.35 bits per heavy atom. The maximum absolute atomic E-state index is 13.0.